The molecule has 2 bridgehead atoms. The number of fused-ring (bicyclic) bond motifs is 2. The first-order chi connectivity index (χ1) is 15.5. The smallest absolute Gasteiger partial charge is 0.369 e. The van der Waals surface area contributed by atoms with Gasteiger partial charge in [0.1, 0.15) is 0 Å². The van der Waals surface area contributed by atoms with Crippen molar-refractivity contribution in [2.45, 2.75) is 62.8 Å². The van der Waals surface area contributed by atoms with Gasteiger partial charge in [-0.2, -0.15) is 26.3 Å². The number of nitrogens with one attached hydrogen (secondary N) is 1. The molecule has 3 nitrogen and oxygen atoms in total. The Morgan fingerprint density at radius 3 is 2.00 bits per heavy atom. The zero-order chi connectivity index (χ0) is 24.0. The van der Waals surface area contributed by atoms with Gasteiger partial charge in [0.15, 0.2) is 0 Å². The molecule has 0 amide bonds. The van der Waals surface area contributed by atoms with Crippen LogP contribution in [0.5, 0.6) is 0 Å². The quantitative estimate of drug-likeness (QED) is 0.590. The summed E-state index contributed by atoms with van der Waals surface area (Å²) >= 11 is 0. The van der Waals surface area contributed by atoms with E-state index in [1.54, 1.807) is 0 Å². The molecule has 2 aromatic carbocycles. The van der Waals surface area contributed by atoms with E-state index in [2.05, 4.69) is 16.3 Å². The number of aryl methyl sites for hydroxylation is 1. The van der Waals surface area contributed by atoms with Gasteiger partial charge in [-0.1, -0.05) is 49.4 Å². The Morgan fingerprint density at radius 1 is 0.909 bits per heavy atom. The van der Waals surface area contributed by atoms with Gasteiger partial charge in [0.2, 0.25) is 0 Å². The van der Waals surface area contributed by atoms with E-state index in [0.717, 1.165) is 36.3 Å². The average Bonchev–Trinajstić information content (AvgIpc) is 2.96. The fourth-order valence-corrected chi connectivity index (χ4v) is 5.04. The predicted molar refractivity (Wildman–Crippen MR) is 112 cm³/mol. The lowest BCUT2D eigenvalue weighted by Crippen LogP contribution is -2.53. The first kappa shape index (κ1) is 24.0. The molecule has 0 aliphatic carbocycles. The Bertz CT molecular complexity index is 956. The number of aliphatic hydroxyl groups is 1. The maximum absolute atomic E-state index is 13.1. The number of halogens is 6. The minimum absolute atomic E-state index is 0.496. The lowest BCUT2D eigenvalue weighted by molar-refractivity contribution is -0.376. The van der Waals surface area contributed by atoms with Crippen LogP contribution >= 0.6 is 0 Å². The first-order valence-corrected chi connectivity index (χ1v) is 11.0. The van der Waals surface area contributed by atoms with Crippen molar-refractivity contribution in [2.75, 3.05) is 13.1 Å². The lowest BCUT2D eigenvalue weighted by atomic mass is 9.89. The van der Waals surface area contributed by atoms with Gasteiger partial charge in [-0.25, -0.2) is 0 Å². The standard InChI is InChI=1S/C24H26F6N2O/c1-2-16-11-15(14-32-19-8-9-20(32)13-31-12-19)3-10-21(16)17-4-6-18(7-5-17)22(33,23(25,26)27)24(28,29)30/h3-7,10-11,19-20,31,33H,2,8-9,12-14H2,1H3. The molecule has 2 N–H and O–H groups in total. The molecule has 2 aliphatic heterocycles. The highest BCUT2D eigenvalue weighted by Gasteiger charge is 2.71. The molecule has 0 spiro atoms. The second-order valence-corrected chi connectivity index (χ2v) is 8.84. The molecule has 180 valence electrons. The molecule has 2 aromatic rings. The zero-order valence-electron chi connectivity index (χ0n) is 18.1. The minimum Gasteiger partial charge on any atom is -0.369 e. The molecule has 2 heterocycles. The van der Waals surface area contributed by atoms with Gasteiger partial charge in [-0.15, -0.1) is 0 Å². The Balaban J connectivity index is 1.60. The highest BCUT2D eigenvalue weighted by Crippen LogP contribution is 2.50. The van der Waals surface area contributed by atoms with Crippen LogP contribution in [0.2, 0.25) is 0 Å². The van der Waals surface area contributed by atoms with Crippen LogP contribution in [0, 0.1) is 0 Å². The second-order valence-electron chi connectivity index (χ2n) is 8.84. The van der Waals surface area contributed by atoms with Crippen molar-refractivity contribution >= 4 is 0 Å². The van der Waals surface area contributed by atoms with Crippen molar-refractivity contribution in [1.82, 2.24) is 10.2 Å². The van der Waals surface area contributed by atoms with E-state index in [1.807, 2.05) is 19.1 Å². The molecule has 33 heavy (non-hydrogen) atoms. The van der Waals surface area contributed by atoms with Crippen molar-refractivity contribution in [3.63, 3.8) is 0 Å². The van der Waals surface area contributed by atoms with Crippen LogP contribution < -0.4 is 5.32 Å². The molecule has 2 aliphatic rings. The molecule has 4 rings (SSSR count). The van der Waals surface area contributed by atoms with Crippen LogP contribution in [0.1, 0.15) is 36.5 Å². The summed E-state index contributed by atoms with van der Waals surface area (Å²) in [4.78, 5) is 2.51. The van der Waals surface area contributed by atoms with Crippen LogP contribution in [0.3, 0.4) is 0 Å². The fraction of sp³-hybridized carbons (Fsp3) is 0.500. The summed E-state index contributed by atoms with van der Waals surface area (Å²) < 4.78 is 78.9. The van der Waals surface area contributed by atoms with Crippen molar-refractivity contribution < 1.29 is 31.4 Å². The van der Waals surface area contributed by atoms with Crippen LogP contribution in [0.25, 0.3) is 11.1 Å². The number of hydrogen-bond acceptors (Lipinski definition) is 3. The van der Waals surface area contributed by atoms with E-state index in [9.17, 15) is 31.4 Å². The van der Waals surface area contributed by atoms with Gasteiger partial charge in [-0.05, 0) is 41.5 Å². The van der Waals surface area contributed by atoms with Crippen molar-refractivity contribution in [1.29, 1.82) is 0 Å². The maximum Gasteiger partial charge on any atom is 0.430 e. The number of benzene rings is 2. The lowest BCUT2D eigenvalue weighted by Gasteiger charge is -2.35. The molecule has 2 fully saturated rings. The molecule has 0 radical (unpaired) electrons. The Hall–Kier alpha value is -2.10. The molecule has 2 saturated heterocycles. The third-order valence-electron chi connectivity index (χ3n) is 6.88. The summed E-state index contributed by atoms with van der Waals surface area (Å²) in [6.07, 6.45) is -8.79. The summed E-state index contributed by atoms with van der Waals surface area (Å²) in [6.45, 7) is 4.72. The Kier molecular flexibility index (Phi) is 6.26. The highest BCUT2D eigenvalue weighted by atomic mass is 19.4. The normalized spacial score (nSPS) is 22.1. The van der Waals surface area contributed by atoms with Gasteiger partial charge in [0.25, 0.3) is 5.60 Å². The van der Waals surface area contributed by atoms with Gasteiger partial charge in [-0.3, -0.25) is 4.90 Å². The summed E-state index contributed by atoms with van der Waals surface area (Å²) in [6, 6.07) is 10.7. The van der Waals surface area contributed by atoms with Gasteiger partial charge >= 0.3 is 12.4 Å². The second kappa shape index (κ2) is 8.60. The monoisotopic (exact) mass is 472 g/mol. The van der Waals surface area contributed by atoms with Crippen LogP contribution in [-0.4, -0.2) is 47.5 Å². The van der Waals surface area contributed by atoms with Crippen molar-refractivity contribution in [2.24, 2.45) is 0 Å². The van der Waals surface area contributed by atoms with Crippen LogP contribution in [-0.2, 0) is 18.6 Å². The summed E-state index contributed by atoms with van der Waals surface area (Å²) in [5.41, 5.74) is -2.83. The molecule has 9 heteroatoms. The van der Waals surface area contributed by atoms with Crippen LogP contribution in [0.15, 0.2) is 42.5 Å². The molecular formula is C24H26F6N2O. The number of hydrogen-bond donors (Lipinski definition) is 2. The number of nitrogens with zero attached hydrogens (tertiary/aromatic N) is 1. The predicted octanol–water partition coefficient (Wildman–Crippen LogP) is 5.16. The summed E-state index contributed by atoms with van der Waals surface area (Å²) in [5.74, 6) is 0. The topological polar surface area (TPSA) is 35.5 Å². The molecule has 2 unspecified atom stereocenters. The van der Waals surface area contributed by atoms with E-state index < -0.39 is 23.5 Å². The van der Waals surface area contributed by atoms with E-state index in [1.165, 1.54) is 25.0 Å². The molecule has 0 aromatic heterocycles. The highest BCUT2D eigenvalue weighted by molar-refractivity contribution is 5.68. The minimum atomic E-state index is -5.90. The van der Waals surface area contributed by atoms with Crippen molar-refractivity contribution in [3.05, 3.63) is 59.2 Å². The first-order valence-electron chi connectivity index (χ1n) is 11.0. The van der Waals surface area contributed by atoms with Crippen molar-refractivity contribution in [3.8, 4) is 11.1 Å². The third kappa shape index (κ3) is 4.26. The summed E-state index contributed by atoms with van der Waals surface area (Å²) in [7, 11) is 0. The van der Waals surface area contributed by atoms with E-state index >= 15 is 0 Å². The Labute approximate surface area is 188 Å². The zero-order valence-corrected chi connectivity index (χ0v) is 18.1. The molecular weight excluding hydrogens is 446 g/mol. The fourth-order valence-electron chi connectivity index (χ4n) is 5.04. The third-order valence-corrected chi connectivity index (χ3v) is 6.88. The van der Waals surface area contributed by atoms with E-state index in [-0.39, 0.29) is 0 Å². The van der Waals surface area contributed by atoms with Gasteiger partial charge in [0.05, 0.1) is 0 Å². The Morgan fingerprint density at radius 2 is 1.48 bits per heavy atom. The number of rotatable bonds is 5. The van der Waals surface area contributed by atoms with Gasteiger partial charge in [0, 0.05) is 37.3 Å². The van der Waals surface area contributed by atoms with E-state index in [4.69, 9.17) is 0 Å². The number of piperazine rings is 1. The molecule has 0 saturated carbocycles. The SMILES string of the molecule is CCc1cc(CN2C3CCC2CNC3)ccc1-c1ccc(C(O)(C(F)(F)F)C(F)(F)F)cc1. The van der Waals surface area contributed by atoms with E-state index in [0.29, 0.717) is 36.2 Å². The average molecular weight is 472 g/mol. The molecule has 2 atom stereocenters. The maximum atomic E-state index is 13.1. The largest absolute Gasteiger partial charge is 0.430 e. The van der Waals surface area contributed by atoms with Crippen LogP contribution in [0.4, 0.5) is 26.3 Å². The number of alkyl halides is 6. The van der Waals surface area contributed by atoms with Gasteiger partial charge < -0.3 is 10.4 Å². The summed E-state index contributed by atoms with van der Waals surface area (Å²) in [5, 5.41) is 13.0.